The second kappa shape index (κ2) is 29.2. The van der Waals surface area contributed by atoms with Gasteiger partial charge in [-0.15, -0.1) is 11.6 Å². The molecule has 6 saturated carbocycles. The molecule has 10 fully saturated rings. The number of likely N-dealkylation sites (tertiary alicyclic amines) is 1. The van der Waals surface area contributed by atoms with Gasteiger partial charge in [-0.25, -0.2) is 14.4 Å². The van der Waals surface area contributed by atoms with E-state index in [2.05, 4.69) is 200 Å². The van der Waals surface area contributed by atoms with Crippen LogP contribution in [-0.2, 0) is 26.2 Å². The number of hydrogen-bond acceptors (Lipinski definition) is 9. The topological polar surface area (TPSA) is 144 Å². The zero-order valence-corrected chi connectivity index (χ0v) is 63.2. The van der Waals surface area contributed by atoms with Crippen molar-refractivity contribution in [1.29, 1.82) is 0 Å². The Morgan fingerprint density at radius 1 is 0.490 bits per heavy atom. The maximum atomic E-state index is 13.8. The summed E-state index contributed by atoms with van der Waals surface area (Å²) < 4.78 is 0. The fourth-order valence-electron chi connectivity index (χ4n) is 19.2. The molecule has 0 radical (unpaired) electrons. The van der Waals surface area contributed by atoms with Gasteiger partial charge in [-0.1, -0.05) is 105 Å². The fraction of sp³-hybridized carbons (Fsp3) is 0.716. The Bertz CT molecular complexity index is 3210. The highest BCUT2D eigenvalue weighted by molar-refractivity contribution is 6.17. The number of nitrogens with zero attached hydrogens (tertiary/aromatic N) is 10. The molecule has 6 aliphatic carbocycles. The van der Waals surface area contributed by atoms with Gasteiger partial charge < -0.3 is 40.0 Å². The second-order valence-electron chi connectivity index (χ2n) is 35.2. The highest BCUT2D eigenvalue weighted by atomic mass is 35.5. The number of nitrogens with two attached hydrogens (primary N) is 1. The third kappa shape index (κ3) is 15.8. The molecule has 7 amide bonds. The largest absolute Gasteiger partial charge is 0.336 e. The first-order valence-corrected chi connectivity index (χ1v) is 38.5. The van der Waals surface area contributed by atoms with E-state index in [9.17, 15) is 24.0 Å². The number of carbonyl (C=O) groups excluding carboxylic acids is 5. The zero-order valence-electron chi connectivity index (χ0n) is 62.4. The van der Waals surface area contributed by atoms with Crippen LogP contribution >= 0.6 is 11.6 Å². The molecule has 4 saturated heterocycles. The summed E-state index contributed by atoms with van der Waals surface area (Å²) in [5.74, 6) is 3.04. The van der Waals surface area contributed by atoms with Gasteiger partial charge >= 0.3 is 18.1 Å². The number of benzene rings is 3. The molecule has 10 aliphatic rings. The van der Waals surface area contributed by atoms with E-state index in [1.807, 2.05) is 23.6 Å². The van der Waals surface area contributed by atoms with Gasteiger partial charge in [0.15, 0.2) is 0 Å². The van der Waals surface area contributed by atoms with E-state index in [1.54, 1.807) is 0 Å². The third-order valence-corrected chi connectivity index (χ3v) is 25.7. The Labute approximate surface area is 595 Å². The van der Waals surface area contributed by atoms with Gasteiger partial charge in [0.1, 0.15) is 5.78 Å². The number of rotatable bonds is 24. The van der Waals surface area contributed by atoms with Crippen LogP contribution in [0.4, 0.5) is 14.4 Å². The van der Waals surface area contributed by atoms with Gasteiger partial charge in [0.25, 0.3) is 0 Å². The normalized spacial score (nSPS) is 29.3. The molecule has 16 nitrogen and oxygen atoms in total. The maximum absolute atomic E-state index is 13.8. The molecular weight excluding hydrogens is 1240 g/mol. The highest BCUT2D eigenvalue weighted by Crippen LogP contribution is 2.54. The first kappa shape index (κ1) is 73.9. The number of Topliss-reactive ketones (excluding diaryl/α,β-unsaturated/α-hetero) is 1. The molecule has 17 heteroatoms. The predicted molar refractivity (Wildman–Crippen MR) is 395 cm³/mol. The molecule has 2 N–H and O–H groups in total. The van der Waals surface area contributed by atoms with Crippen LogP contribution in [0.15, 0.2) is 91.0 Å². The van der Waals surface area contributed by atoms with Crippen molar-refractivity contribution >= 4 is 41.4 Å². The molecule has 0 atom stereocenters. The molecule has 13 rings (SSSR count). The van der Waals surface area contributed by atoms with E-state index in [1.165, 1.54) is 55.2 Å². The van der Waals surface area contributed by atoms with Crippen LogP contribution in [0.1, 0.15) is 206 Å². The predicted octanol–water partition coefficient (Wildman–Crippen LogP) is 13.9. The average molecular weight is 1370 g/mol. The van der Waals surface area contributed by atoms with Gasteiger partial charge in [-0.3, -0.25) is 24.3 Å². The third-order valence-electron chi connectivity index (χ3n) is 25.5. The Hall–Kier alpha value is -5.26. The Balaban J connectivity index is 0.000000149. The summed E-state index contributed by atoms with van der Waals surface area (Å²) in [5, 5.41) is 0. The Morgan fingerprint density at radius 3 is 1.10 bits per heavy atom. The van der Waals surface area contributed by atoms with Crippen molar-refractivity contribution in [1.82, 2.24) is 49.0 Å². The van der Waals surface area contributed by atoms with Crippen LogP contribution in [0, 0.1) is 23.2 Å². The summed E-state index contributed by atoms with van der Waals surface area (Å²) in [6.45, 7) is 20.4. The Kier molecular flexibility index (Phi) is 22.1. The molecule has 4 aliphatic heterocycles. The maximum Gasteiger partial charge on any atom is 0.320 e. The van der Waals surface area contributed by atoms with E-state index in [0.29, 0.717) is 62.5 Å². The van der Waals surface area contributed by atoms with Gasteiger partial charge in [0.05, 0.1) is 22.2 Å². The lowest BCUT2D eigenvalue weighted by Crippen LogP contribution is -2.55. The molecule has 98 heavy (non-hydrogen) atoms. The van der Waals surface area contributed by atoms with Crippen molar-refractivity contribution in [2.24, 2.45) is 28.9 Å². The van der Waals surface area contributed by atoms with Crippen molar-refractivity contribution in [3.63, 3.8) is 0 Å². The minimum absolute atomic E-state index is 0.0162. The lowest BCUT2D eigenvalue weighted by molar-refractivity contribution is -0.132. The minimum atomic E-state index is -0.363. The quantitative estimate of drug-likeness (QED) is 0.0867. The molecule has 4 heterocycles. The number of urea groups is 3. The molecular formula is C81H124ClN11O5. The van der Waals surface area contributed by atoms with Gasteiger partial charge in [0, 0.05) is 113 Å². The molecule has 0 unspecified atom stereocenters. The second-order valence-corrected chi connectivity index (χ2v) is 35.6. The lowest BCUT2D eigenvalue weighted by atomic mass is 9.68. The van der Waals surface area contributed by atoms with Crippen molar-refractivity contribution in [3.05, 3.63) is 108 Å². The first-order chi connectivity index (χ1) is 46.4. The van der Waals surface area contributed by atoms with Crippen molar-refractivity contribution in [2.45, 2.75) is 234 Å². The van der Waals surface area contributed by atoms with Crippen molar-refractivity contribution in [3.8, 4) is 0 Å². The highest BCUT2D eigenvalue weighted by Gasteiger charge is 2.59. The first-order valence-electron chi connectivity index (χ1n) is 38.0. The molecule has 3 aromatic carbocycles. The summed E-state index contributed by atoms with van der Waals surface area (Å²) >= 11 is 5.78. The Morgan fingerprint density at radius 2 is 0.816 bits per heavy atom. The smallest absolute Gasteiger partial charge is 0.320 e. The van der Waals surface area contributed by atoms with Crippen LogP contribution in [0.3, 0.4) is 0 Å². The van der Waals surface area contributed by atoms with Crippen LogP contribution in [0.25, 0.3) is 0 Å². The number of ketones is 1. The number of hydrogen-bond donors (Lipinski definition) is 1. The van der Waals surface area contributed by atoms with Crippen LogP contribution < -0.4 is 5.73 Å². The number of carbonyl (C=O) groups is 5. The van der Waals surface area contributed by atoms with Crippen LogP contribution in [0.2, 0.25) is 0 Å². The van der Waals surface area contributed by atoms with Crippen molar-refractivity contribution in [2.75, 3.05) is 114 Å². The fourth-order valence-corrected chi connectivity index (χ4v) is 19.3. The van der Waals surface area contributed by atoms with Crippen LogP contribution in [0.5, 0.6) is 0 Å². The summed E-state index contributed by atoms with van der Waals surface area (Å²) in [6.07, 6.45) is 23.4. The number of alkyl halides is 1. The molecule has 540 valence electrons. The van der Waals surface area contributed by atoms with Gasteiger partial charge in [-0.2, -0.15) is 0 Å². The number of halogens is 1. The SMILES string of the molecule is CN(C)C1(c2ccccc2)CCC2(CC1)CN(CC(C)(C)CC(=O)CCCCl)C(=O)N2CC1CC1.CN(C)C1(c2ccccc2)CCC2(CC1)CN(CC(C)(C)N)C(=O)N2CC1CC1.CN(C)C1(c2ccccc2)CCC2(CC1)CN(CC(C)(C)N1CCCC1=O)C(=O)N2CC1CC1. The molecule has 0 bridgehead atoms. The zero-order chi connectivity index (χ0) is 70.3. The molecule has 3 aromatic rings. The summed E-state index contributed by atoms with van der Waals surface area (Å²) in [6, 6.07) is 33.3. The van der Waals surface area contributed by atoms with E-state index in [4.69, 9.17) is 17.3 Å². The monoisotopic (exact) mass is 1370 g/mol. The van der Waals surface area contributed by atoms with E-state index >= 15 is 0 Å². The van der Waals surface area contributed by atoms with E-state index in [0.717, 1.165) is 136 Å². The minimum Gasteiger partial charge on any atom is -0.336 e. The average Bonchev–Trinajstić information content (AvgIpc) is 1.46. The summed E-state index contributed by atoms with van der Waals surface area (Å²) in [7, 11) is 13.2. The van der Waals surface area contributed by atoms with Gasteiger partial charge in [-0.05, 0) is 238 Å². The van der Waals surface area contributed by atoms with E-state index < -0.39 is 0 Å². The standard InChI is InChI=1S/C29H44ClN3O2.C28H42N4O2.C24H38N4O/c1-27(2,19-25(34)11-8-18-30)21-32-22-28(33(26(32)35)20-23-12-13-23)14-16-29(17-15-28,31(3)4)24-9-6-5-7-10-24;1-26(2,31-18-8-11-24(31)33)20-30-21-27(32(25(30)34)19-22-12-13-22)14-16-28(17-15-27,29(3)4)23-9-6-5-7-10-23;1-22(2,25)17-27-18-23(28(21(27)29)16-19-10-11-19)12-14-24(15-13-23,26(3)4)20-8-6-5-7-9-20/h5-7,9-10,23H,8,11-22H2,1-4H3;5-7,9-10,22H,8,11-21H2,1-4H3;5-9,19H,10-18,25H2,1-4H3. The summed E-state index contributed by atoms with van der Waals surface area (Å²) in [5.41, 5.74) is 9.43. The van der Waals surface area contributed by atoms with E-state index in [-0.39, 0.29) is 79.5 Å². The van der Waals surface area contributed by atoms with Crippen LogP contribution in [-0.4, -0.2) is 220 Å². The number of amides is 7. The van der Waals surface area contributed by atoms with Gasteiger partial charge in [0.2, 0.25) is 5.91 Å². The summed E-state index contributed by atoms with van der Waals surface area (Å²) in [4.78, 5) is 88.1. The molecule has 3 spiro atoms. The molecule has 0 aromatic heterocycles. The van der Waals surface area contributed by atoms with Crippen molar-refractivity contribution < 1.29 is 24.0 Å². The lowest BCUT2D eigenvalue weighted by Gasteiger charge is -2.51.